The van der Waals surface area contributed by atoms with Gasteiger partial charge in [-0.15, -0.1) is 0 Å². The molecule has 4 rings (SSSR count). The standard InChI is InChI=1S/C29H32N2O3/c1-5-19(3)21-10-13-25(14-11-21)33-18-28(32)30-24-9-7-8-23(16-24)29-31-26-17-22(20(4)6-2)12-15-27(26)34-29/h7-17,19-20H,5-6,18H2,1-4H3,(H,30,32). The molecule has 0 spiro atoms. The monoisotopic (exact) mass is 456 g/mol. The summed E-state index contributed by atoms with van der Waals surface area (Å²) in [5.41, 5.74) is 5.59. The van der Waals surface area contributed by atoms with Crippen molar-refractivity contribution in [2.45, 2.75) is 52.4 Å². The normalized spacial score (nSPS) is 12.9. The summed E-state index contributed by atoms with van der Waals surface area (Å²) in [5, 5.41) is 2.89. The van der Waals surface area contributed by atoms with E-state index >= 15 is 0 Å². The summed E-state index contributed by atoms with van der Waals surface area (Å²) in [5.74, 6) is 1.97. The Morgan fingerprint density at radius 3 is 2.38 bits per heavy atom. The number of hydrogen-bond acceptors (Lipinski definition) is 4. The Morgan fingerprint density at radius 1 is 0.941 bits per heavy atom. The third-order valence-corrected chi connectivity index (χ3v) is 6.42. The zero-order valence-corrected chi connectivity index (χ0v) is 20.3. The Balaban J connectivity index is 1.41. The van der Waals surface area contributed by atoms with Crippen molar-refractivity contribution in [1.82, 2.24) is 4.98 Å². The molecule has 2 atom stereocenters. The molecule has 3 aromatic carbocycles. The van der Waals surface area contributed by atoms with Crippen LogP contribution in [0, 0.1) is 0 Å². The predicted molar refractivity (Wildman–Crippen MR) is 137 cm³/mol. The summed E-state index contributed by atoms with van der Waals surface area (Å²) in [7, 11) is 0. The van der Waals surface area contributed by atoms with Crippen LogP contribution in [0.4, 0.5) is 5.69 Å². The smallest absolute Gasteiger partial charge is 0.262 e. The Hall–Kier alpha value is -3.60. The Bertz CT molecular complexity index is 1260. The van der Waals surface area contributed by atoms with Crippen LogP contribution >= 0.6 is 0 Å². The molecule has 5 heteroatoms. The number of nitrogens with zero attached hydrogens (tertiary/aromatic N) is 1. The summed E-state index contributed by atoms with van der Waals surface area (Å²) in [4.78, 5) is 17.1. The summed E-state index contributed by atoms with van der Waals surface area (Å²) < 4.78 is 11.6. The van der Waals surface area contributed by atoms with Crippen molar-refractivity contribution < 1.29 is 13.9 Å². The highest BCUT2D eigenvalue weighted by molar-refractivity contribution is 5.92. The first-order valence-corrected chi connectivity index (χ1v) is 12.0. The highest BCUT2D eigenvalue weighted by Crippen LogP contribution is 2.29. The molecular formula is C29H32N2O3. The number of oxazole rings is 1. The van der Waals surface area contributed by atoms with Gasteiger partial charge in [-0.3, -0.25) is 4.79 Å². The van der Waals surface area contributed by atoms with E-state index in [1.54, 1.807) is 0 Å². The van der Waals surface area contributed by atoms with E-state index in [2.05, 4.69) is 62.3 Å². The van der Waals surface area contributed by atoms with E-state index in [0.29, 0.717) is 29.2 Å². The molecule has 0 aliphatic carbocycles. The second-order valence-corrected chi connectivity index (χ2v) is 8.85. The van der Waals surface area contributed by atoms with Crippen LogP contribution in [0.2, 0.25) is 0 Å². The number of carbonyl (C=O) groups excluding carboxylic acids is 1. The van der Waals surface area contributed by atoms with E-state index in [4.69, 9.17) is 9.15 Å². The van der Waals surface area contributed by atoms with Gasteiger partial charge in [-0.05, 0) is 78.3 Å². The van der Waals surface area contributed by atoms with Gasteiger partial charge >= 0.3 is 0 Å². The van der Waals surface area contributed by atoms with Crippen LogP contribution in [0.15, 0.2) is 71.1 Å². The second kappa shape index (κ2) is 10.6. The maximum Gasteiger partial charge on any atom is 0.262 e. The van der Waals surface area contributed by atoms with Crippen LogP contribution < -0.4 is 10.1 Å². The van der Waals surface area contributed by atoms with Crippen molar-refractivity contribution in [3.63, 3.8) is 0 Å². The van der Waals surface area contributed by atoms with Crippen LogP contribution in [0.3, 0.4) is 0 Å². The lowest BCUT2D eigenvalue weighted by molar-refractivity contribution is -0.118. The molecule has 1 heterocycles. The summed E-state index contributed by atoms with van der Waals surface area (Å²) in [6.45, 7) is 8.69. The molecule has 1 amide bonds. The minimum absolute atomic E-state index is 0.0613. The lowest BCUT2D eigenvalue weighted by Crippen LogP contribution is -2.20. The van der Waals surface area contributed by atoms with Gasteiger partial charge in [-0.25, -0.2) is 4.98 Å². The molecule has 0 saturated carbocycles. The first-order chi connectivity index (χ1) is 16.5. The van der Waals surface area contributed by atoms with Crippen LogP contribution in [0.1, 0.15) is 63.5 Å². The van der Waals surface area contributed by atoms with Gasteiger partial charge in [0.1, 0.15) is 11.3 Å². The van der Waals surface area contributed by atoms with E-state index in [1.165, 1.54) is 11.1 Å². The predicted octanol–water partition coefficient (Wildman–Crippen LogP) is 7.54. The van der Waals surface area contributed by atoms with Crippen LogP contribution in [-0.2, 0) is 4.79 Å². The fraction of sp³-hybridized carbons (Fsp3) is 0.310. The van der Waals surface area contributed by atoms with Gasteiger partial charge in [-0.1, -0.05) is 52.0 Å². The van der Waals surface area contributed by atoms with Crippen LogP contribution in [-0.4, -0.2) is 17.5 Å². The number of aromatic nitrogens is 1. The summed E-state index contributed by atoms with van der Waals surface area (Å²) >= 11 is 0. The minimum atomic E-state index is -0.223. The maximum absolute atomic E-state index is 12.5. The molecule has 1 N–H and O–H groups in total. The molecule has 0 bridgehead atoms. The van der Waals surface area contributed by atoms with Crippen molar-refractivity contribution in [2.75, 3.05) is 11.9 Å². The molecule has 0 aliphatic rings. The zero-order valence-electron chi connectivity index (χ0n) is 20.3. The average Bonchev–Trinajstić information content (AvgIpc) is 3.30. The number of hydrogen-bond donors (Lipinski definition) is 1. The number of carbonyl (C=O) groups is 1. The number of amides is 1. The lowest BCUT2D eigenvalue weighted by Gasteiger charge is -2.11. The van der Waals surface area contributed by atoms with Gasteiger partial charge in [-0.2, -0.15) is 0 Å². The molecule has 2 unspecified atom stereocenters. The molecule has 0 saturated heterocycles. The van der Waals surface area contributed by atoms with Gasteiger partial charge in [0.05, 0.1) is 0 Å². The Kier molecular flexibility index (Phi) is 7.31. The van der Waals surface area contributed by atoms with Crippen LogP contribution in [0.5, 0.6) is 5.75 Å². The zero-order chi connectivity index (χ0) is 24.1. The fourth-order valence-electron chi connectivity index (χ4n) is 3.81. The topological polar surface area (TPSA) is 64.4 Å². The van der Waals surface area contributed by atoms with Crippen LogP contribution in [0.25, 0.3) is 22.6 Å². The van der Waals surface area contributed by atoms with Gasteiger partial charge in [0.2, 0.25) is 5.89 Å². The third kappa shape index (κ3) is 5.48. The summed E-state index contributed by atoms with van der Waals surface area (Å²) in [6.07, 6.45) is 2.16. The Labute approximate surface area is 201 Å². The largest absolute Gasteiger partial charge is 0.484 e. The van der Waals surface area contributed by atoms with E-state index in [9.17, 15) is 4.79 Å². The molecule has 5 nitrogen and oxygen atoms in total. The van der Waals surface area contributed by atoms with Gasteiger partial charge < -0.3 is 14.5 Å². The van der Waals surface area contributed by atoms with Gasteiger partial charge in [0.15, 0.2) is 12.2 Å². The number of anilines is 1. The molecule has 34 heavy (non-hydrogen) atoms. The quantitative estimate of drug-likeness (QED) is 0.282. The number of nitrogens with one attached hydrogen (secondary N) is 1. The molecule has 0 fully saturated rings. The number of rotatable bonds is 9. The van der Waals surface area contributed by atoms with Crippen molar-refractivity contribution in [3.05, 3.63) is 77.9 Å². The first kappa shape index (κ1) is 23.6. The molecule has 176 valence electrons. The molecule has 0 radical (unpaired) electrons. The fourth-order valence-corrected chi connectivity index (χ4v) is 3.81. The van der Waals surface area contributed by atoms with Crippen molar-refractivity contribution in [3.8, 4) is 17.2 Å². The maximum atomic E-state index is 12.5. The molecule has 0 aliphatic heterocycles. The van der Waals surface area contributed by atoms with E-state index in [1.807, 2.05) is 42.5 Å². The summed E-state index contributed by atoms with van der Waals surface area (Å²) in [6, 6.07) is 21.6. The van der Waals surface area contributed by atoms with Crippen molar-refractivity contribution in [2.24, 2.45) is 0 Å². The molecule has 4 aromatic rings. The number of fused-ring (bicyclic) bond motifs is 1. The average molecular weight is 457 g/mol. The van der Waals surface area contributed by atoms with E-state index in [0.717, 1.165) is 29.5 Å². The highest BCUT2D eigenvalue weighted by atomic mass is 16.5. The van der Waals surface area contributed by atoms with Crippen molar-refractivity contribution in [1.29, 1.82) is 0 Å². The number of ether oxygens (including phenoxy) is 1. The van der Waals surface area contributed by atoms with Gasteiger partial charge in [0.25, 0.3) is 5.91 Å². The van der Waals surface area contributed by atoms with E-state index in [-0.39, 0.29) is 12.5 Å². The SMILES string of the molecule is CCC(C)c1ccc(OCC(=O)Nc2cccc(-c3nc4cc(C(C)CC)ccc4o3)c2)cc1. The second-order valence-electron chi connectivity index (χ2n) is 8.85. The first-order valence-electron chi connectivity index (χ1n) is 12.0. The van der Waals surface area contributed by atoms with Crippen molar-refractivity contribution >= 4 is 22.7 Å². The number of benzene rings is 3. The minimum Gasteiger partial charge on any atom is -0.484 e. The Morgan fingerprint density at radius 2 is 1.65 bits per heavy atom. The third-order valence-electron chi connectivity index (χ3n) is 6.42. The lowest BCUT2D eigenvalue weighted by atomic mass is 9.98. The van der Waals surface area contributed by atoms with Gasteiger partial charge in [0, 0.05) is 11.3 Å². The highest BCUT2D eigenvalue weighted by Gasteiger charge is 2.12. The molecular weight excluding hydrogens is 424 g/mol. The van der Waals surface area contributed by atoms with E-state index < -0.39 is 0 Å². The molecule has 1 aromatic heterocycles.